The minimum Gasteiger partial charge on any atom is -0.480 e. The molecule has 2 atom stereocenters. The summed E-state index contributed by atoms with van der Waals surface area (Å²) in [4.78, 5) is 10.3. The molecule has 11 heavy (non-hydrogen) atoms. The summed E-state index contributed by atoms with van der Waals surface area (Å²) in [5.74, 6) is -0.975. The summed E-state index contributed by atoms with van der Waals surface area (Å²) in [5, 5.41) is 8.42. The predicted molar refractivity (Wildman–Crippen MR) is 41.3 cm³/mol. The number of nitrogens with two attached hydrogens (primary N) is 1. The van der Waals surface area contributed by atoms with Gasteiger partial charge in [0, 0.05) is 6.61 Å². The SMILES string of the molecule is CCO[C@H](C)C[C@H](N)C(=O)O. The fourth-order valence-corrected chi connectivity index (χ4v) is 0.811. The van der Waals surface area contributed by atoms with Crippen molar-refractivity contribution in [3.63, 3.8) is 0 Å². The molecule has 0 saturated heterocycles. The summed E-state index contributed by atoms with van der Waals surface area (Å²) in [6.07, 6.45) is 0.287. The van der Waals surface area contributed by atoms with Crippen molar-refractivity contribution >= 4 is 5.97 Å². The fraction of sp³-hybridized carbons (Fsp3) is 0.857. The molecule has 0 rings (SSSR count). The van der Waals surface area contributed by atoms with Crippen LogP contribution in [0.1, 0.15) is 20.3 Å². The van der Waals surface area contributed by atoms with Crippen LogP contribution < -0.4 is 5.73 Å². The maximum atomic E-state index is 10.3. The smallest absolute Gasteiger partial charge is 0.320 e. The third-order valence-corrected chi connectivity index (χ3v) is 1.35. The van der Waals surface area contributed by atoms with Gasteiger partial charge in [0.1, 0.15) is 6.04 Å². The van der Waals surface area contributed by atoms with Crippen molar-refractivity contribution in [1.82, 2.24) is 0 Å². The molecule has 0 aromatic heterocycles. The second-order valence-corrected chi connectivity index (χ2v) is 2.45. The van der Waals surface area contributed by atoms with Crippen molar-refractivity contribution < 1.29 is 14.6 Å². The van der Waals surface area contributed by atoms with E-state index in [0.29, 0.717) is 13.0 Å². The van der Waals surface area contributed by atoms with Crippen LogP contribution in [0.2, 0.25) is 0 Å². The Morgan fingerprint density at radius 1 is 1.73 bits per heavy atom. The first-order valence-corrected chi connectivity index (χ1v) is 3.68. The van der Waals surface area contributed by atoms with E-state index in [9.17, 15) is 4.79 Å². The molecule has 0 aromatic rings. The third-order valence-electron chi connectivity index (χ3n) is 1.35. The molecule has 0 fully saturated rings. The van der Waals surface area contributed by atoms with Crippen LogP contribution in [-0.4, -0.2) is 29.8 Å². The maximum absolute atomic E-state index is 10.3. The highest BCUT2D eigenvalue weighted by molar-refractivity contribution is 5.73. The Kier molecular flexibility index (Phi) is 4.81. The van der Waals surface area contributed by atoms with Crippen LogP contribution in [-0.2, 0) is 9.53 Å². The van der Waals surface area contributed by atoms with E-state index in [-0.39, 0.29) is 6.10 Å². The van der Waals surface area contributed by atoms with Gasteiger partial charge in [-0.15, -0.1) is 0 Å². The molecule has 0 saturated carbocycles. The zero-order chi connectivity index (χ0) is 8.85. The topological polar surface area (TPSA) is 72.5 Å². The van der Waals surface area contributed by atoms with Gasteiger partial charge in [-0.1, -0.05) is 0 Å². The zero-order valence-corrected chi connectivity index (χ0v) is 6.91. The minimum absolute atomic E-state index is 0.0777. The normalized spacial score (nSPS) is 15.9. The Morgan fingerprint density at radius 3 is 2.64 bits per heavy atom. The molecule has 0 radical (unpaired) electrons. The first-order valence-electron chi connectivity index (χ1n) is 3.68. The molecule has 0 spiro atoms. The molecule has 4 heteroatoms. The van der Waals surface area contributed by atoms with Crippen molar-refractivity contribution in [1.29, 1.82) is 0 Å². The van der Waals surface area contributed by atoms with E-state index in [1.807, 2.05) is 13.8 Å². The summed E-state index contributed by atoms with van der Waals surface area (Å²) >= 11 is 0. The maximum Gasteiger partial charge on any atom is 0.320 e. The lowest BCUT2D eigenvalue weighted by molar-refractivity contribution is -0.139. The van der Waals surface area contributed by atoms with E-state index in [0.717, 1.165) is 0 Å². The first kappa shape index (κ1) is 10.4. The highest BCUT2D eigenvalue weighted by Gasteiger charge is 2.14. The van der Waals surface area contributed by atoms with Gasteiger partial charge < -0.3 is 15.6 Å². The Bertz CT molecular complexity index is 127. The van der Waals surface area contributed by atoms with E-state index < -0.39 is 12.0 Å². The van der Waals surface area contributed by atoms with Crippen LogP contribution in [0.15, 0.2) is 0 Å². The minimum atomic E-state index is -0.975. The number of carboxylic acids is 1. The van der Waals surface area contributed by atoms with E-state index in [2.05, 4.69) is 0 Å². The highest BCUT2D eigenvalue weighted by atomic mass is 16.5. The average Bonchev–Trinajstić information content (AvgIpc) is 1.87. The Hall–Kier alpha value is -0.610. The zero-order valence-electron chi connectivity index (χ0n) is 6.91. The third kappa shape index (κ3) is 4.75. The summed E-state index contributed by atoms with van der Waals surface area (Å²) in [6.45, 7) is 4.27. The molecule has 0 aliphatic rings. The van der Waals surface area contributed by atoms with Crippen molar-refractivity contribution in [3.05, 3.63) is 0 Å². The molecule has 3 N–H and O–H groups in total. The molecule has 66 valence electrons. The Labute approximate surface area is 66.3 Å². The predicted octanol–water partition coefficient (Wildman–Crippen LogP) is 0.213. The van der Waals surface area contributed by atoms with Gasteiger partial charge in [0.25, 0.3) is 0 Å². The lowest BCUT2D eigenvalue weighted by atomic mass is 10.1. The van der Waals surface area contributed by atoms with E-state index in [4.69, 9.17) is 15.6 Å². The van der Waals surface area contributed by atoms with Gasteiger partial charge in [0.2, 0.25) is 0 Å². The second-order valence-electron chi connectivity index (χ2n) is 2.45. The number of ether oxygens (including phenoxy) is 1. The number of carbonyl (C=O) groups is 1. The molecule has 0 unspecified atom stereocenters. The van der Waals surface area contributed by atoms with Crippen molar-refractivity contribution in [2.24, 2.45) is 5.73 Å². The second kappa shape index (κ2) is 5.09. The lowest BCUT2D eigenvalue weighted by Gasteiger charge is -2.13. The summed E-state index contributed by atoms with van der Waals surface area (Å²) < 4.78 is 5.12. The molecule has 0 aromatic carbocycles. The quantitative estimate of drug-likeness (QED) is 0.604. The fourth-order valence-electron chi connectivity index (χ4n) is 0.811. The number of carboxylic acid groups (broad SMARTS) is 1. The summed E-state index contributed by atoms with van der Waals surface area (Å²) in [5.41, 5.74) is 5.27. The number of rotatable bonds is 5. The average molecular weight is 161 g/mol. The number of hydrogen-bond acceptors (Lipinski definition) is 3. The summed E-state index contributed by atoms with van der Waals surface area (Å²) in [7, 11) is 0. The van der Waals surface area contributed by atoms with Crippen LogP contribution in [0, 0.1) is 0 Å². The number of aliphatic carboxylic acids is 1. The van der Waals surface area contributed by atoms with Gasteiger partial charge in [0.05, 0.1) is 6.10 Å². The molecular formula is C7H15NO3. The van der Waals surface area contributed by atoms with Gasteiger partial charge in [-0.25, -0.2) is 0 Å². The van der Waals surface area contributed by atoms with Gasteiger partial charge in [-0.2, -0.15) is 0 Å². The molecule has 0 heterocycles. The summed E-state index contributed by atoms with van der Waals surface area (Å²) in [6, 6.07) is -0.809. The number of hydrogen-bond donors (Lipinski definition) is 2. The van der Waals surface area contributed by atoms with Gasteiger partial charge in [-0.3, -0.25) is 4.79 Å². The van der Waals surface area contributed by atoms with Gasteiger partial charge >= 0.3 is 5.97 Å². The Balaban J connectivity index is 3.56. The standard InChI is InChI=1S/C7H15NO3/c1-3-11-5(2)4-6(8)7(9)10/h5-6H,3-4,8H2,1-2H3,(H,9,10)/t5-,6+/m1/s1. The van der Waals surface area contributed by atoms with Crippen molar-refractivity contribution in [2.45, 2.75) is 32.4 Å². The van der Waals surface area contributed by atoms with Crippen LogP contribution in [0.3, 0.4) is 0 Å². The highest BCUT2D eigenvalue weighted by Crippen LogP contribution is 2.00. The van der Waals surface area contributed by atoms with Crippen LogP contribution >= 0.6 is 0 Å². The monoisotopic (exact) mass is 161 g/mol. The van der Waals surface area contributed by atoms with Crippen LogP contribution in [0.5, 0.6) is 0 Å². The van der Waals surface area contributed by atoms with Gasteiger partial charge in [-0.05, 0) is 20.3 Å². The molecule has 0 amide bonds. The van der Waals surface area contributed by atoms with E-state index >= 15 is 0 Å². The molecule has 0 aliphatic heterocycles. The molecular weight excluding hydrogens is 146 g/mol. The van der Waals surface area contributed by atoms with E-state index in [1.54, 1.807) is 0 Å². The first-order chi connectivity index (χ1) is 5.07. The van der Waals surface area contributed by atoms with Crippen LogP contribution in [0.4, 0.5) is 0 Å². The van der Waals surface area contributed by atoms with Crippen molar-refractivity contribution in [2.75, 3.05) is 6.61 Å². The Morgan fingerprint density at radius 2 is 2.27 bits per heavy atom. The lowest BCUT2D eigenvalue weighted by Crippen LogP contribution is -2.33. The largest absolute Gasteiger partial charge is 0.480 e. The van der Waals surface area contributed by atoms with Crippen molar-refractivity contribution in [3.8, 4) is 0 Å². The molecule has 4 nitrogen and oxygen atoms in total. The van der Waals surface area contributed by atoms with E-state index in [1.165, 1.54) is 0 Å². The van der Waals surface area contributed by atoms with Crippen LogP contribution in [0.25, 0.3) is 0 Å². The molecule has 0 aliphatic carbocycles. The molecule has 0 bridgehead atoms. The van der Waals surface area contributed by atoms with Gasteiger partial charge in [0.15, 0.2) is 0 Å².